The average Bonchev–Trinajstić information content (AvgIpc) is 3.53. The lowest BCUT2D eigenvalue weighted by atomic mass is 9.82. The molecule has 2 aromatic rings. The van der Waals surface area contributed by atoms with Crippen molar-refractivity contribution in [2.24, 2.45) is 5.92 Å². The molecule has 0 aliphatic carbocycles. The van der Waals surface area contributed by atoms with Crippen LogP contribution in [-0.2, 0) is 37.7 Å². The molecule has 0 radical (unpaired) electrons. The fraction of sp³-hybridized carbons (Fsp3) is 0.558. The molecule has 0 aromatic heterocycles. The third-order valence-corrected chi connectivity index (χ3v) is 14.6. The number of carbonyl (C=O) groups excluding carboxylic acids is 3. The molecule has 4 aliphatic rings. The van der Waals surface area contributed by atoms with Crippen LogP contribution in [0, 0.1) is 5.92 Å². The molecule has 0 bridgehead atoms. The number of ether oxygens (including phenoxy) is 1. The Morgan fingerprint density at radius 3 is 2.47 bits per heavy atom. The lowest BCUT2D eigenvalue weighted by molar-refractivity contribution is -0.150. The molecule has 6 rings (SSSR count). The van der Waals surface area contributed by atoms with E-state index in [1.807, 2.05) is 67.4 Å². The number of nitrogens with zero attached hydrogens (tertiary/aromatic N) is 3. The molecule has 2 aromatic carbocycles. The molecule has 1 spiro atoms. The Bertz CT molecular complexity index is 1760. The predicted octanol–water partition coefficient (Wildman–Crippen LogP) is 7.16. The first kappa shape index (κ1) is 39.1. The second-order valence-electron chi connectivity index (χ2n) is 16.6. The smallest absolute Gasteiger partial charge is 0.264 e. The number of benzene rings is 2. The topological polar surface area (TPSA) is 111 Å². The van der Waals surface area contributed by atoms with Gasteiger partial charge >= 0.3 is 0 Å². The maximum atomic E-state index is 15.1. The summed E-state index contributed by atoms with van der Waals surface area (Å²) in [5, 5.41) is 10.4. The summed E-state index contributed by atoms with van der Waals surface area (Å²) in [6.07, 6.45) is 10.4. The first-order valence-electron chi connectivity index (χ1n) is 19.7. The van der Waals surface area contributed by atoms with Gasteiger partial charge in [-0.1, -0.05) is 67.3 Å². The lowest BCUT2D eigenvalue weighted by Gasteiger charge is -2.37. The summed E-state index contributed by atoms with van der Waals surface area (Å²) < 4.78 is 7.08. The molecule has 9 nitrogen and oxygen atoms in total. The quantitative estimate of drug-likeness (QED) is 0.198. The van der Waals surface area contributed by atoms with Gasteiger partial charge in [-0.2, -0.15) is 0 Å². The number of aliphatic hydroxyl groups excluding tert-OH is 1. The van der Waals surface area contributed by atoms with Crippen molar-refractivity contribution in [1.29, 1.82) is 0 Å². The van der Waals surface area contributed by atoms with Crippen molar-refractivity contribution in [1.82, 2.24) is 4.90 Å². The Morgan fingerprint density at radius 1 is 1.02 bits per heavy atom. The van der Waals surface area contributed by atoms with Crippen LogP contribution in [0.5, 0.6) is 0 Å². The van der Waals surface area contributed by atoms with Gasteiger partial charge in [-0.25, -0.2) is 0 Å². The summed E-state index contributed by atoms with van der Waals surface area (Å²) in [4.78, 5) is 60.1. The molecule has 53 heavy (non-hydrogen) atoms. The van der Waals surface area contributed by atoms with E-state index in [0.717, 1.165) is 61.0 Å². The van der Waals surface area contributed by atoms with Crippen LogP contribution in [-0.4, -0.2) is 72.7 Å². The van der Waals surface area contributed by atoms with Gasteiger partial charge in [0.15, 0.2) is 13.9 Å². The van der Waals surface area contributed by atoms with Gasteiger partial charge in [0.2, 0.25) is 11.8 Å². The van der Waals surface area contributed by atoms with Crippen LogP contribution in [0.1, 0.15) is 95.8 Å². The van der Waals surface area contributed by atoms with E-state index in [1.165, 1.54) is 11.1 Å². The van der Waals surface area contributed by atoms with Crippen molar-refractivity contribution in [3.05, 3.63) is 82.5 Å². The first-order chi connectivity index (χ1) is 25.3. The molecule has 4 heterocycles. The monoisotopic (exact) mass is 741 g/mol. The minimum atomic E-state index is -3.04. The van der Waals surface area contributed by atoms with Crippen molar-refractivity contribution in [2.45, 2.75) is 128 Å². The van der Waals surface area contributed by atoms with E-state index in [9.17, 15) is 19.5 Å². The molecule has 2 saturated heterocycles. The summed E-state index contributed by atoms with van der Waals surface area (Å²) in [5.74, 6) is -0.710. The Morgan fingerprint density at radius 2 is 1.75 bits per heavy atom. The Balaban J connectivity index is 1.38. The SMILES string of the molecule is CC(C)=CCC/C(C)=C/CN1C(=O)[C@@]2(O[C@@H](CC(=O)N3Cc4ccccc4C[C@H]3CO)[C@H]([Si](C)(C)O)[C@H]2C)c2cc(N3CCCCCCC3=O)ccc21. The van der Waals surface area contributed by atoms with Crippen LogP contribution in [0.15, 0.2) is 65.8 Å². The lowest BCUT2D eigenvalue weighted by Crippen LogP contribution is -2.48. The van der Waals surface area contributed by atoms with E-state index in [-0.39, 0.29) is 36.8 Å². The summed E-state index contributed by atoms with van der Waals surface area (Å²) in [6.45, 7) is 13.2. The van der Waals surface area contributed by atoms with E-state index in [0.29, 0.717) is 38.0 Å². The van der Waals surface area contributed by atoms with Crippen molar-refractivity contribution < 1.29 is 29.0 Å². The molecule has 5 atom stereocenters. The number of fused-ring (bicyclic) bond motifs is 3. The number of rotatable bonds is 10. The maximum absolute atomic E-state index is 15.1. The number of hydrogen-bond acceptors (Lipinski definition) is 6. The van der Waals surface area contributed by atoms with Crippen LogP contribution in [0.25, 0.3) is 0 Å². The summed E-state index contributed by atoms with van der Waals surface area (Å²) in [5.41, 5.74) is 4.99. The molecular weight excluding hydrogens is 683 g/mol. The van der Waals surface area contributed by atoms with E-state index in [1.54, 1.807) is 9.80 Å². The first-order valence-corrected chi connectivity index (χ1v) is 22.7. The maximum Gasteiger partial charge on any atom is 0.264 e. The van der Waals surface area contributed by atoms with Crippen molar-refractivity contribution in [2.75, 3.05) is 29.5 Å². The van der Waals surface area contributed by atoms with Gasteiger partial charge in [0.05, 0.1) is 30.9 Å². The van der Waals surface area contributed by atoms with E-state index in [2.05, 4.69) is 32.9 Å². The highest BCUT2D eigenvalue weighted by molar-refractivity contribution is 6.71. The third kappa shape index (κ3) is 7.83. The molecule has 2 N–H and O–H groups in total. The standard InChI is InChI=1S/C43H59N3O6Si/c1-29(2)14-13-15-30(3)21-23-45-37-20-19-34(44-22-12-8-7-9-18-39(44)48)25-36(37)43(42(45)50)31(4)41(53(5,6)51)38(52-43)26-40(49)46-27-33-17-11-10-16-32(33)24-35(46)28-47/h10-11,14,16-17,19-21,25,31,35,38,41,47,51H,7-9,12-13,15,18,22-24,26-28H2,1-6H3/b30-21+/t31-,35+,38+,41-,43+/m1/s1. The largest absolute Gasteiger partial charge is 0.432 e. The highest BCUT2D eigenvalue weighted by atomic mass is 28.4. The summed E-state index contributed by atoms with van der Waals surface area (Å²) >= 11 is 0. The van der Waals surface area contributed by atoms with Gasteiger partial charge in [0, 0.05) is 48.8 Å². The second-order valence-corrected chi connectivity index (χ2v) is 20.6. The summed E-state index contributed by atoms with van der Waals surface area (Å²) in [7, 11) is -3.04. The molecule has 2 fully saturated rings. The van der Waals surface area contributed by atoms with Crippen LogP contribution >= 0.6 is 0 Å². The number of hydrogen-bond donors (Lipinski definition) is 2. The summed E-state index contributed by atoms with van der Waals surface area (Å²) in [6, 6.07) is 13.5. The van der Waals surface area contributed by atoms with Gasteiger partial charge in [0.1, 0.15) is 0 Å². The molecule has 0 unspecified atom stereocenters. The van der Waals surface area contributed by atoms with Crippen molar-refractivity contribution in [3.63, 3.8) is 0 Å². The highest BCUT2D eigenvalue weighted by Gasteiger charge is 2.66. The zero-order valence-electron chi connectivity index (χ0n) is 32.6. The van der Waals surface area contributed by atoms with Crippen LogP contribution < -0.4 is 9.80 Å². The molecule has 0 saturated carbocycles. The number of aliphatic hydroxyl groups is 1. The zero-order chi connectivity index (χ0) is 38.1. The number of amides is 3. The Labute approximate surface area is 316 Å². The molecule has 3 amide bonds. The minimum absolute atomic E-state index is 0.0112. The second kappa shape index (κ2) is 16.0. The Kier molecular flexibility index (Phi) is 11.8. The van der Waals surface area contributed by atoms with Gasteiger partial charge in [-0.15, -0.1) is 0 Å². The van der Waals surface area contributed by atoms with Crippen LogP contribution in [0.4, 0.5) is 11.4 Å². The van der Waals surface area contributed by atoms with Crippen molar-refractivity contribution in [3.8, 4) is 0 Å². The predicted molar refractivity (Wildman–Crippen MR) is 212 cm³/mol. The molecule has 10 heteroatoms. The average molecular weight is 742 g/mol. The van der Waals surface area contributed by atoms with Gasteiger partial charge in [-0.3, -0.25) is 14.4 Å². The number of allylic oxidation sites excluding steroid dienone is 3. The van der Waals surface area contributed by atoms with E-state index in [4.69, 9.17) is 4.74 Å². The normalized spacial score (nSPS) is 26.4. The van der Waals surface area contributed by atoms with Gasteiger partial charge in [0.25, 0.3) is 5.91 Å². The molecule has 4 aliphatic heterocycles. The fourth-order valence-corrected chi connectivity index (χ4v) is 11.9. The Hall–Kier alpha value is -3.57. The van der Waals surface area contributed by atoms with Crippen LogP contribution in [0.2, 0.25) is 18.6 Å². The fourth-order valence-electron chi connectivity index (χ4n) is 9.32. The van der Waals surface area contributed by atoms with Gasteiger partial charge in [-0.05, 0) is 95.3 Å². The van der Waals surface area contributed by atoms with E-state index >= 15 is 4.79 Å². The zero-order valence-corrected chi connectivity index (χ0v) is 33.6. The number of carbonyl (C=O) groups is 3. The minimum Gasteiger partial charge on any atom is -0.432 e. The third-order valence-electron chi connectivity index (χ3n) is 12.1. The van der Waals surface area contributed by atoms with Gasteiger partial charge < -0.3 is 29.3 Å². The number of anilines is 2. The van der Waals surface area contributed by atoms with Crippen molar-refractivity contribution >= 4 is 37.4 Å². The highest BCUT2D eigenvalue weighted by Crippen LogP contribution is 2.60. The van der Waals surface area contributed by atoms with E-state index < -0.39 is 31.5 Å². The molecule has 286 valence electrons. The van der Waals surface area contributed by atoms with Crippen LogP contribution in [0.3, 0.4) is 0 Å². The molecular formula is C43H59N3O6Si.